The number of rotatable bonds is 6. The van der Waals surface area contributed by atoms with Gasteiger partial charge in [0, 0.05) is 12.6 Å². The summed E-state index contributed by atoms with van der Waals surface area (Å²) in [6, 6.07) is -0.538. The molecule has 0 fully saturated rings. The van der Waals surface area contributed by atoms with Crippen molar-refractivity contribution < 1.29 is 23.4 Å². The third-order valence-corrected chi connectivity index (χ3v) is 4.75. The lowest BCUT2D eigenvalue weighted by molar-refractivity contribution is 0.0686. The Bertz CT molecular complexity index is 615. The summed E-state index contributed by atoms with van der Waals surface area (Å²) in [6.07, 6.45) is 0.224. The first kappa shape index (κ1) is 17.6. The number of H-pyrrole nitrogens is 1. The highest BCUT2D eigenvalue weighted by Gasteiger charge is 2.33. The summed E-state index contributed by atoms with van der Waals surface area (Å²) < 4.78 is 27.4. The number of nitrogens with zero attached hydrogens (tertiary/aromatic N) is 1. The Balaban J connectivity index is 3.23. The number of aromatic amines is 1. The highest BCUT2D eigenvalue weighted by molar-refractivity contribution is 7.89. The van der Waals surface area contributed by atoms with Crippen molar-refractivity contribution in [1.29, 1.82) is 0 Å². The topological polar surface area (TPSA) is 132 Å². The van der Waals surface area contributed by atoms with E-state index in [0.29, 0.717) is 0 Å². The molecular weight excluding hydrogens is 298 g/mol. The molecular formula is C12H21N3O5S. The van der Waals surface area contributed by atoms with Crippen molar-refractivity contribution in [3.05, 3.63) is 11.4 Å². The lowest BCUT2D eigenvalue weighted by Crippen LogP contribution is -2.44. The minimum Gasteiger partial charge on any atom is -0.476 e. The van der Waals surface area contributed by atoms with Gasteiger partial charge in [0.1, 0.15) is 4.90 Å². The molecule has 1 unspecified atom stereocenters. The third-order valence-electron chi connectivity index (χ3n) is 3.12. The van der Waals surface area contributed by atoms with Gasteiger partial charge in [-0.3, -0.25) is 5.10 Å². The average Bonchev–Trinajstić information content (AvgIpc) is 2.70. The Morgan fingerprint density at radius 2 is 2.00 bits per heavy atom. The summed E-state index contributed by atoms with van der Waals surface area (Å²) in [5.41, 5.74) is -0.829. The lowest BCUT2D eigenvalue weighted by atomic mass is 9.86. The molecule has 1 rings (SSSR count). The molecule has 0 saturated heterocycles. The van der Waals surface area contributed by atoms with Crippen LogP contribution < -0.4 is 4.72 Å². The molecule has 1 aromatic rings. The smallest absolute Gasteiger partial charge is 0.357 e. The number of aromatic nitrogens is 2. The number of hydrogen-bond donors (Lipinski definition) is 4. The van der Waals surface area contributed by atoms with Gasteiger partial charge in [-0.25, -0.2) is 17.9 Å². The van der Waals surface area contributed by atoms with Crippen molar-refractivity contribution in [2.45, 2.75) is 45.1 Å². The summed E-state index contributed by atoms with van der Waals surface area (Å²) in [5.74, 6) is -1.42. The van der Waals surface area contributed by atoms with E-state index in [-0.39, 0.29) is 23.6 Å². The van der Waals surface area contributed by atoms with Crippen LogP contribution in [0.25, 0.3) is 0 Å². The third kappa shape index (κ3) is 4.02. The summed E-state index contributed by atoms with van der Waals surface area (Å²) >= 11 is 0. The van der Waals surface area contributed by atoms with Crippen molar-refractivity contribution in [3.8, 4) is 0 Å². The van der Waals surface area contributed by atoms with E-state index in [1.807, 2.05) is 20.8 Å². The normalized spacial score (nSPS) is 14.1. The van der Waals surface area contributed by atoms with Crippen LogP contribution in [0.4, 0.5) is 0 Å². The molecule has 21 heavy (non-hydrogen) atoms. The molecule has 0 aromatic carbocycles. The van der Waals surface area contributed by atoms with Crippen LogP contribution in [0, 0.1) is 12.3 Å². The van der Waals surface area contributed by atoms with Crippen LogP contribution in [0.2, 0.25) is 0 Å². The van der Waals surface area contributed by atoms with E-state index < -0.39 is 33.1 Å². The molecule has 1 atom stereocenters. The quantitative estimate of drug-likeness (QED) is 0.603. The SMILES string of the molecule is Cc1[nH]nc(C(=O)O)c1S(=O)(=O)NC(CCO)C(C)(C)C. The maximum Gasteiger partial charge on any atom is 0.357 e. The van der Waals surface area contributed by atoms with E-state index in [0.717, 1.165) is 0 Å². The first-order valence-electron chi connectivity index (χ1n) is 6.42. The van der Waals surface area contributed by atoms with Crippen LogP contribution >= 0.6 is 0 Å². The molecule has 1 heterocycles. The highest BCUT2D eigenvalue weighted by Crippen LogP contribution is 2.25. The van der Waals surface area contributed by atoms with Gasteiger partial charge in [-0.2, -0.15) is 5.10 Å². The molecule has 9 heteroatoms. The van der Waals surface area contributed by atoms with E-state index in [2.05, 4.69) is 14.9 Å². The number of aliphatic hydroxyl groups excluding tert-OH is 1. The van der Waals surface area contributed by atoms with Crippen molar-refractivity contribution >= 4 is 16.0 Å². The summed E-state index contributed by atoms with van der Waals surface area (Å²) in [6.45, 7) is 6.75. The Hall–Kier alpha value is -1.45. The molecule has 0 radical (unpaired) electrons. The standard InChI is InChI=1S/C12H21N3O5S/c1-7-10(9(11(17)18)14-13-7)21(19,20)15-8(5-6-16)12(2,3)4/h8,15-16H,5-6H2,1-4H3,(H,13,14)(H,17,18). The monoisotopic (exact) mass is 319 g/mol. The molecule has 0 amide bonds. The maximum atomic E-state index is 12.5. The van der Waals surface area contributed by atoms with E-state index in [9.17, 15) is 13.2 Å². The zero-order valence-corrected chi connectivity index (χ0v) is 13.3. The van der Waals surface area contributed by atoms with Crippen LogP contribution in [-0.4, -0.2) is 47.4 Å². The predicted molar refractivity (Wildman–Crippen MR) is 75.6 cm³/mol. The predicted octanol–water partition coefficient (Wildman–Crippen LogP) is 0.492. The van der Waals surface area contributed by atoms with Gasteiger partial charge in [0.05, 0.1) is 5.69 Å². The van der Waals surface area contributed by atoms with Gasteiger partial charge in [-0.05, 0) is 18.8 Å². The lowest BCUT2D eigenvalue weighted by Gasteiger charge is -2.30. The molecule has 0 saturated carbocycles. The zero-order chi connectivity index (χ0) is 16.4. The number of aryl methyl sites for hydroxylation is 1. The second-order valence-corrected chi connectivity index (χ2v) is 7.53. The van der Waals surface area contributed by atoms with Crippen LogP contribution in [0.3, 0.4) is 0 Å². The van der Waals surface area contributed by atoms with Gasteiger partial charge in [0.2, 0.25) is 10.0 Å². The number of aliphatic hydroxyl groups is 1. The number of sulfonamides is 1. The molecule has 0 aliphatic heterocycles. The fourth-order valence-electron chi connectivity index (χ4n) is 1.94. The minimum atomic E-state index is -4.06. The zero-order valence-electron chi connectivity index (χ0n) is 12.5. The number of hydrogen-bond acceptors (Lipinski definition) is 5. The van der Waals surface area contributed by atoms with Crippen LogP contribution in [0.1, 0.15) is 43.4 Å². The average molecular weight is 319 g/mol. The van der Waals surface area contributed by atoms with Gasteiger partial charge < -0.3 is 10.2 Å². The highest BCUT2D eigenvalue weighted by atomic mass is 32.2. The number of carbonyl (C=O) groups is 1. The van der Waals surface area contributed by atoms with Crippen LogP contribution in [0.15, 0.2) is 4.90 Å². The maximum absolute atomic E-state index is 12.5. The van der Waals surface area contributed by atoms with E-state index in [4.69, 9.17) is 10.2 Å². The number of carboxylic acid groups (broad SMARTS) is 1. The minimum absolute atomic E-state index is 0.150. The first-order valence-corrected chi connectivity index (χ1v) is 7.90. The number of carboxylic acids is 1. The molecule has 0 bridgehead atoms. The van der Waals surface area contributed by atoms with Gasteiger partial charge >= 0.3 is 5.97 Å². The second-order valence-electron chi connectivity index (χ2n) is 5.88. The van der Waals surface area contributed by atoms with E-state index in [1.54, 1.807) is 0 Å². The molecule has 120 valence electrons. The second kappa shape index (κ2) is 6.12. The molecule has 8 nitrogen and oxygen atoms in total. The van der Waals surface area contributed by atoms with Crippen molar-refractivity contribution in [3.63, 3.8) is 0 Å². The van der Waals surface area contributed by atoms with Crippen LogP contribution in [-0.2, 0) is 10.0 Å². The van der Waals surface area contributed by atoms with Gasteiger partial charge in [-0.15, -0.1) is 0 Å². The fourth-order valence-corrected chi connectivity index (χ4v) is 3.74. The van der Waals surface area contributed by atoms with E-state index >= 15 is 0 Å². The molecule has 0 aliphatic rings. The summed E-state index contributed by atoms with van der Waals surface area (Å²) in [5, 5.41) is 24.0. The van der Waals surface area contributed by atoms with Crippen LogP contribution in [0.5, 0.6) is 0 Å². The van der Waals surface area contributed by atoms with Crippen molar-refractivity contribution in [2.75, 3.05) is 6.61 Å². The number of nitrogens with one attached hydrogen (secondary N) is 2. The molecule has 1 aromatic heterocycles. The number of aromatic carboxylic acids is 1. The molecule has 4 N–H and O–H groups in total. The molecule has 0 aliphatic carbocycles. The largest absolute Gasteiger partial charge is 0.476 e. The van der Waals surface area contributed by atoms with Gasteiger partial charge in [-0.1, -0.05) is 20.8 Å². The fraction of sp³-hybridized carbons (Fsp3) is 0.667. The Labute approximate surface area is 123 Å². The summed E-state index contributed by atoms with van der Waals surface area (Å²) in [4.78, 5) is 10.7. The Kier molecular flexibility index (Phi) is 5.13. The Morgan fingerprint density at radius 3 is 2.43 bits per heavy atom. The van der Waals surface area contributed by atoms with Gasteiger partial charge in [0.25, 0.3) is 0 Å². The van der Waals surface area contributed by atoms with Crippen molar-refractivity contribution in [1.82, 2.24) is 14.9 Å². The van der Waals surface area contributed by atoms with Crippen molar-refractivity contribution in [2.24, 2.45) is 5.41 Å². The van der Waals surface area contributed by atoms with E-state index in [1.165, 1.54) is 6.92 Å². The summed E-state index contributed by atoms with van der Waals surface area (Å²) in [7, 11) is -4.06. The first-order chi connectivity index (χ1) is 9.50. The molecule has 0 spiro atoms. The van der Waals surface area contributed by atoms with Gasteiger partial charge in [0.15, 0.2) is 5.69 Å². The Morgan fingerprint density at radius 1 is 1.43 bits per heavy atom.